The minimum Gasteiger partial charge on any atom is -0.481 e. The van der Waals surface area contributed by atoms with Crippen molar-refractivity contribution in [3.63, 3.8) is 0 Å². The molecule has 0 spiro atoms. The molecule has 1 fully saturated rings. The van der Waals surface area contributed by atoms with E-state index in [-0.39, 0.29) is 5.91 Å². The first-order valence-corrected chi connectivity index (χ1v) is 6.24. The van der Waals surface area contributed by atoms with E-state index in [1.54, 1.807) is 4.90 Å². The Balaban J connectivity index is 2.11. The highest BCUT2D eigenvalue weighted by Crippen LogP contribution is 2.20. The van der Waals surface area contributed by atoms with Gasteiger partial charge in [-0.05, 0) is 18.4 Å². The number of carboxylic acid groups (broad SMARTS) is 1. The Bertz CT molecular complexity index is 430. The molecule has 4 heteroatoms. The molecule has 1 aliphatic rings. The highest BCUT2D eigenvalue weighted by Gasteiger charge is 2.32. The van der Waals surface area contributed by atoms with E-state index in [0.29, 0.717) is 19.5 Å². The van der Waals surface area contributed by atoms with Gasteiger partial charge >= 0.3 is 5.97 Å². The fraction of sp³-hybridized carbons (Fsp3) is 0.429. The average Bonchev–Trinajstić information content (AvgIpc) is 2.54. The SMILES string of the molecule is O=C(O)C1CCCCN(Cc2ccccc2)C1=O. The Labute approximate surface area is 106 Å². The van der Waals surface area contributed by atoms with E-state index >= 15 is 0 Å². The Kier molecular flexibility index (Phi) is 3.97. The summed E-state index contributed by atoms with van der Waals surface area (Å²) in [4.78, 5) is 24.9. The van der Waals surface area contributed by atoms with Crippen molar-refractivity contribution in [2.75, 3.05) is 6.54 Å². The first-order valence-electron chi connectivity index (χ1n) is 6.24. The Hall–Kier alpha value is -1.84. The van der Waals surface area contributed by atoms with E-state index in [9.17, 15) is 9.59 Å². The maximum absolute atomic E-state index is 12.1. The van der Waals surface area contributed by atoms with Crippen LogP contribution in [0.15, 0.2) is 30.3 Å². The van der Waals surface area contributed by atoms with Gasteiger partial charge in [0.25, 0.3) is 0 Å². The van der Waals surface area contributed by atoms with E-state index in [2.05, 4.69) is 0 Å². The van der Waals surface area contributed by atoms with Crippen LogP contribution in [0.25, 0.3) is 0 Å². The molecule has 1 heterocycles. The average molecular weight is 247 g/mol. The van der Waals surface area contributed by atoms with Gasteiger partial charge in [-0.15, -0.1) is 0 Å². The van der Waals surface area contributed by atoms with Crippen molar-refractivity contribution >= 4 is 11.9 Å². The molecule has 1 saturated heterocycles. The quantitative estimate of drug-likeness (QED) is 0.830. The zero-order valence-electron chi connectivity index (χ0n) is 10.2. The summed E-state index contributed by atoms with van der Waals surface area (Å²) >= 11 is 0. The van der Waals surface area contributed by atoms with Gasteiger partial charge in [0.15, 0.2) is 0 Å². The Morgan fingerprint density at radius 3 is 2.67 bits per heavy atom. The molecule has 1 aromatic rings. The smallest absolute Gasteiger partial charge is 0.316 e. The van der Waals surface area contributed by atoms with Gasteiger partial charge < -0.3 is 10.0 Å². The number of carbonyl (C=O) groups is 2. The van der Waals surface area contributed by atoms with Crippen LogP contribution < -0.4 is 0 Å². The maximum Gasteiger partial charge on any atom is 0.316 e. The van der Waals surface area contributed by atoms with E-state index < -0.39 is 11.9 Å². The summed E-state index contributed by atoms with van der Waals surface area (Å²) in [5, 5.41) is 9.07. The minimum atomic E-state index is -1.00. The molecule has 1 aliphatic heterocycles. The molecule has 1 aromatic carbocycles. The standard InChI is InChI=1S/C14H17NO3/c16-13-12(14(17)18)8-4-5-9-15(13)10-11-6-2-1-3-7-11/h1-3,6-7,12H,4-5,8-10H2,(H,17,18). The van der Waals surface area contributed by atoms with Gasteiger partial charge in [0.2, 0.25) is 5.91 Å². The van der Waals surface area contributed by atoms with Crippen molar-refractivity contribution < 1.29 is 14.7 Å². The highest BCUT2D eigenvalue weighted by atomic mass is 16.4. The molecule has 0 bridgehead atoms. The van der Waals surface area contributed by atoms with Crippen LogP contribution in [0.4, 0.5) is 0 Å². The molecule has 18 heavy (non-hydrogen) atoms. The Morgan fingerprint density at radius 1 is 1.28 bits per heavy atom. The van der Waals surface area contributed by atoms with E-state index in [1.807, 2.05) is 30.3 Å². The molecule has 1 amide bonds. The lowest BCUT2D eigenvalue weighted by Crippen LogP contribution is -2.37. The molecule has 1 atom stereocenters. The number of likely N-dealkylation sites (tertiary alicyclic amines) is 1. The second-order valence-electron chi connectivity index (χ2n) is 4.63. The van der Waals surface area contributed by atoms with Crippen molar-refractivity contribution in [2.24, 2.45) is 5.92 Å². The van der Waals surface area contributed by atoms with E-state index in [4.69, 9.17) is 5.11 Å². The lowest BCUT2D eigenvalue weighted by molar-refractivity contribution is -0.151. The zero-order chi connectivity index (χ0) is 13.0. The normalized spacial score (nSPS) is 20.6. The summed E-state index contributed by atoms with van der Waals surface area (Å²) in [6, 6.07) is 9.67. The molecule has 4 nitrogen and oxygen atoms in total. The lowest BCUT2D eigenvalue weighted by atomic mass is 10.0. The van der Waals surface area contributed by atoms with E-state index in [1.165, 1.54) is 0 Å². The molecule has 2 rings (SSSR count). The van der Waals surface area contributed by atoms with Crippen molar-refractivity contribution in [3.05, 3.63) is 35.9 Å². The van der Waals surface area contributed by atoms with Crippen molar-refractivity contribution in [1.82, 2.24) is 4.90 Å². The Morgan fingerprint density at radius 2 is 2.00 bits per heavy atom. The third-order valence-corrected chi connectivity index (χ3v) is 3.29. The van der Waals surface area contributed by atoms with Crippen LogP contribution in [-0.2, 0) is 16.1 Å². The number of amides is 1. The summed E-state index contributed by atoms with van der Waals surface area (Å²) in [6.45, 7) is 1.15. The molecule has 1 N–H and O–H groups in total. The molecular formula is C14H17NO3. The lowest BCUT2D eigenvalue weighted by Gasteiger charge is -2.22. The second kappa shape index (κ2) is 5.67. The number of hydrogen-bond donors (Lipinski definition) is 1. The summed E-state index contributed by atoms with van der Waals surface area (Å²) in [5.41, 5.74) is 1.04. The van der Waals surface area contributed by atoms with Crippen LogP contribution in [0.3, 0.4) is 0 Å². The van der Waals surface area contributed by atoms with Crippen molar-refractivity contribution in [3.8, 4) is 0 Å². The van der Waals surface area contributed by atoms with Gasteiger partial charge in [-0.2, -0.15) is 0 Å². The highest BCUT2D eigenvalue weighted by molar-refractivity contribution is 5.97. The molecular weight excluding hydrogens is 230 g/mol. The second-order valence-corrected chi connectivity index (χ2v) is 4.63. The van der Waals surface area contributed by atoms with Crippen LogP contribution in [0.1, 0.15) is 24.8 Å². The van der Waals surface area contributed by atoms with Crippen LogP contribution in [0, 0.1) is 5.92 Å². The predicted octanol–water partition coefficient (Wildman–Crippen LogP) is 1.90. The number of carboxylic acids is 1. The van der Waals surface area contributed by atoms with Gasteiger partial charge in [0.05, 0.1) is 0 Å². The first-order chi connectivity index (χ1) is 8.68. The van der Waals surface area contributed by atoms with Crippen LogP contribution in [-0.4, -0.2) is 28.4 Å². The third kappa shape index (κ3) is 2.88. The largest absolute Gasteiger partial charge is 0.481 e. The number of rotatable bonds is 3. The van der Waals surface area contributed by atoms with Gasteiger partial charge in [-0.25, -0.2) is 0 Å². The molecule has 0 saturated carbocycles. The summed E-state index contributed by atoms with van der Waals surface area (Å²) < 4.78 is 0. The van der Waals surface area contributed by atoms with Crippen LogP contribution in [0.2, 0.25) is 0 Å². The predicted molar refractivity (Wildman–Crippen MR) is 66.8 cm³/mol. The summed E-state index contributed by atoms with van der Waals surface area (Å²) in [6.07, 6.45) is 2.13. The number of hydrogen-bond acceptors (Lipinski definition) is 2. The number of nitrogens with zero attached hydrogens (tertiary/aromatic N) is 1. The molecule has 0 aromatic heterocycles. The zero-order valence-corrected chi connectivity index (χ0v) is 10.2. The number of benzene rings is 1. The summed E-state index contributed by atoms with van der Waals surface area (Å²) in [7, 11) is 0. The van der Waals surface area contributed by atoms with Gasteiger partial charge in [0.1, 0.15) is 5.92 Å². The fourth-order valence-corrected chi connectivity index (χ4v) is 2.30. The number of carbonyl (C=O) groups excluding carboxylic acids is 1. The van der Waals surface area contributed by atoms with Crippen molar-refractivity contribution in [2.45, 2.75) is 25.8 Å². The summed E-state index contributed by atoms with van der Waals surface area (Å²) in [5.74, 6) is -2.11. The van der Waals surface area contributed by atoms with Crippen LogP contribution >= 0.6 is 0 Å². The minimum absolute atomic E-state index is 0.246. The molecule has 0 aliphatic carbocycles. The number of aliphatic carboxylic acids is 1. The third-order valence-electron chi connectivity index (χ3n) is 3.29. The molecule has 1 unspecified atom stereocenters. The maximum atomic E-state index is 12.1. The van der Waals surface area contributed by atoms with Crippen LogP contribution in [0.5, 0.6) is 0 Å². The van der Waals surface area contributed by atoms with E-state index in [0.717, 1.165) is 18.4 Å². The van der Waals surface area contributed by atoms with Gasteiger partial charge in [0, 0.05) is 13.1 Å². The van der Waals surface area contributed by atoms with Crippen molar-refractivity contribution in [1.29, 1.82) is 0 Å². The molecule has 0 radical (unpaired) electrons. The topological polar surface area (TPSA) is 57.6 Å². The van der Waals surface area contributed by atoms with Gasteiger partial charge in [-0.1, -0.05) is 36.8 Å². The first kappa shape index (κ1) is 12.6. The fourth-order valence-electron chi connectivity index (χ4n) is 2.30. The van der Waals surface area contributed by atoms with Gasteiger partial charge in [-0.3, -0.25) is 9.59 Å². The molecule has 96 valence electrons. The monoisotopic (exact) mass is 247 g/mol.